The van der Waals surface area contributed by atoms with Crippen LogP contribution in [0.3, 0.4) is 0 Å². The number of benzene rings is 1. The summed E-state index contributed by atoms with van der Waals surface area (Å²) in [6.07, 6.45) is 1.31. The minimum absolute atomic E-state index is 0.569. The van der Waals surface area contributed by atoms with E-state index in [1.54, 1.807) is 0 Å². The highest BCUT2D eigenvalue weighted by molar-refractivity contribution is 7.80. The van der Waals surface area contributed by atoms with Gasteiger partial charge in [0.05, 0.1) is 0 Å². The van der Waals surface area contributed by atoms with Crippen molar-refractivity contribution in [3.63, 3.8) is 0 Å². The van der Waals surface area contributed by atoms with Gasteiger partial charge in [0.2, 0.25) is 0 Å². The number of likely N-dealkylation sites (tertiary alicyclic amines) is 1. The quantitative estimate of drug-likeness (QED) is 0.808. The van der Waals surface area contributed by atoms with Gasteiger partial charge in [0.15, 0.2) is 5.11 Å². The van der Waals surface area contributed by atoms with Gasteiger partial charge in [-0.2, -0.15) is 0 Å². The summed E-state index contributed by atoms with van der Waals surface area (Å²) in [7, 11) is 0. The van der Waals surface area contributed by atoms with Crippen LogP contribution in [0.25, 0.3) is 0 Å². The number of hydrogen-bond acceptors (Lipinski definition) is 1. The molecule has 0 radical (unpaired) electrons. The van der Waals surface area contributed by atoms with Crippen molar-refractivity contribution in [1.82, 2.24) is 4.90 Å². The Hall–Kier alpha value is -1.09. The van der Waals surface area contributed by atoms with Crippen LogP contribution in [0.1, 0.15) is 45.6 Å². The molecule has 2 rings (SSSR count). The summed E-state index contributed by atoms with van der Waals surface area (Å²) in [4.78, 5) is 2.31. The molecule has 1 N–H and O–H groups in total. The highest BCUT2D eigenvalue weighted by atomic mass is 32.1. The van der Waals surface area contributed by atoms with E-state index in [9.17, 15) is 0 Å². The molecule has 1 saturated heterocycles. The summed E-state index contributed by atoms with van der Waals surface area (Å²) in [6, 6.07) is 8.60. The van der Waals surface area contributed by atoms with Gasteiger partial charge in [-0.15, -0.1) is 0 Å². The third-order valence-corrected chi connectivity index (χ3v) is 4.34. The number of rotatable bonds is 2. The van der Waals surface area contributed by atoms with Gasteiger partial charge in [-0.3, -0.25) is 0 Å². The molecule has 0 aliphatic carbocycles. The lowest BCUT2D eigenvalue weighted by Gasteiger charge is -2.36. The first-order chi connectivity index (χ1) is 9.45. The van der Waals surface area contributed by atoms with Crippen LogP contribution in [0.2, 0.25) is 0 Å². The second-order valence-electron chi connectivity index (χ2n) is 6.56. The van der Waals surface area contributed by atoms with Crippen LogP contribution in [0, 0.1) is 11.8 Å². The van der Waals surface area contributed by atoms with Crippen LogP contribution in [0.15, 0.2) is 24.3 Å². The summed E-state index contributed by atoms with van der Waals surface area (Å²) in [5, 5.41) is 4.24. The highest BCUT2D eigenvalue weighted by Crippen LogP contribution is 2.22. The molecule has 0 spiro atoms. The fourth-order valence-electron chi connectivity index (χ4n) is 2.98. The number of thiocarbonyl (C=S) groups is 1. The average molecular weight is 290 g/mol. The lowest BCUT2D eigenvalue weighted by molar-refractivity contribution is 0.216. The molecule has 1 aromatic rings. The number of nitrogens with zero attached hydrogens (tertiary/aromatic N) is 1. The molecular formula is C17H26N2S. The number of anilines is 1. The third kappa shape index (κ3) is 3.95. The van der Waals surface area contributed by atoms with Crippen molar-refractivity contribution >= 4 is 23.0 Å². The van der Waals surface area contributed by atoms with Crippen molar-refractivity contribution < 1.29 is 0 Å². The van der Waals surface area contributed by atoms with Crippen LogP contribution < -0.4 is 5.32 Å². The Morgan fingerprint density at radius 2 is 1.70 bits per heavy atom. The van der Waals surface area contributed by atoms with Crippen molar-refractivity contribution in [2.75, 3.05) is 18.4 Å². The SMILES string of the molecule is CC(C)c1ccc(NC(=S)N2C[C@H](C)C[C@H](C)C2)cc1. The van der Waals surface area contributed by atoms with Gasteiger partial charge in [0.25, 0.3) is 0 Å². The minimum atomic E-state index is 0.569. The number of piperidine rings is 1. The molecule has 110 valence electrons. The summed E-state index contributed by atoms with van der Waals surface area (Å²) in [5.74, 6) is 2.02. The van der Waals surface area contributed by atoms with E-state index in [0.717, 1.165) is 35.7 Å². The largest absolute Gasteiger partial charge is 0.348 e. The first-order valence-corrected chi connectivity index (χ1v) is 8.02. The molecule has 1 aliphatic heterocycles. The second-order valence-corrected chi connectivity index (χ2v) is 6.94. The predicted octanol–water partition coefficient (Wildman–Crippen LogP) is 4.48. The van der Waals surface area contributed by atoms with E-state index < -0.39 is 0 Å². The van der Waals surface area contributed by atoms with E-state index in [-0.39, 0.29) is 0 Å². The van der Waals surface area contributed by atoms with Gasteiger partial charge in [-0.25, -0.2) is 0 Å². The van der Waals surface area contributed by atoms with E-state index >= 15 is 0 Å². The van der Waals surface area contributed by atoms with Crippen molar-refractivity contribution in [2.24, 2.45) is 11.8 Å². The van der Waals surface area contributed by atoms with Crippen LogP contribution in [-0.4, -0.2) is 23.1 Å². The fourth-order valence-corrected chi connectivity index (χ4v) is 3.25. The zero-order chi connectivity index (χ0) is 14.7. The average Bonchev–Trinajstić information content (AvgIpc) is 2.38. The Bertz CT molecular complexity index is 443. The van der Waals surface area contributed by atoms with Crippen molar-refractivity contribution in [2.45, 2.75) is 40.0 Å². The Balaban J connectivity index is 1.97. The standard InChI is InChI=1S/C17H26N2S/c1-12(2)15-5-7-16(8-6-15)18-17(20)19-10-13(3)9-14(4)11-19/h5-8,12-14H,9-11H2,1-4H3,(H,18,20)/t13-,14+. The van der Waals surface area contributed by atoms with Crippen molar-refractivity contribution in [1.29, 1.82) is 0 Å². The molecule has 20 heavy (non-hydrogen) atoms. The maximum absolute atomic E-state index is 5.56. The smallest absolute Gasteiger partial charge is 0.173 e. The predicted molar refractivity (Wildman–Crippen MR) is 91.3 cm³/mol. The summed E-state index contributed by atoms with van der Waals surface area (Å²) in [5.41, 5.74) is 2.45. The molecule has 1 heterocycles. The molecule has 0 amide bonds. The van der Waals surface area contributed by atoms with Crippen molar-refractivity contribution in [3.8, 4) is 0 Å². The summed E-state index contributed by atoms with van der Waals surface area (Å²) < 4.78 is 0. The Labute approximate surface area is 128 Å². The molecule has 3 heteroatoms. The Morgan fingerprint density at radius 1 is 1.15 bits per heavy atom. The molecule has 0 unspecified atom stereocenters. The second kappa shape index (κ2) is 6.57. The molecule has 2 nitrogen and oxygen atoms in total. The topological polar surface area (TPSA) is 15.3 Å². The van der Waals surface area contributed by atoms with Gasteiger partial charge in [-0.1, -0.05) is 39.8 Å². The van der Waals surface area contributed by atoms with E-state index in [2.05, 4.69) is 62.2 Å². The maximum atomic E-state index is 5.56. The molecule has 1 fully saturated rings. The molecule has 1 aliphatic rings. The zero-order valence-electron chi connectivity index (χ0n) is 13.0. The van der Waals surface area contributed by atoms with Gasteiger partial charge in [-0.05, 0) is 54.1 Å². The van der Waals surface area contributed by atoms with E-state index in [1.807, 2.05) is 0 Å². The van der Waals surface area contributed by atoms with Gasteiger partial charge >= 0.3 is 0 Å². The molecule has 0 aromatic heterocycles. The van der Waals surface area contributed by atoms with Crippen LogP contribution in [-0.2, 0) is 0 Å². The van der Waals surface area contributed by atoms with Crippen molar-refractivity contribution in [3.05, 3.63) is 29.8 Å². The zero-order valence-corrected chi connectivity index (χ0v) is 13.8. The van der Waals surface area contributed by atoms with E-state index in [1.165, 1.54) is 12.0 Å². The minimum Gasteiger partial charge on any atom is -0.348 e. The van der Waals surface area contributed by atoms with Gasteiger partial charge in [0, 0.05) is 18.8 Å². The van der Waals surface area contributed by atoms with Crippen LogP contribution in [0.5, 0.6) is 0 Å². The third-order valence-electron chi connectivity index (χ3n) is 3.98. The monoisotopic (exact) mass is 290 g/mol. The molecule has 1 aromatic carbocycles. The van der Waals surface area contributed by atoms with Crippen LogP contribution >= 0.6 is 12.2 Å². The summed E-state index contributed by atoms with van der Waals surface area (Å²) in [6.45, 7) is 11.2. The number of hydrogen-bond donors (Lipinski definition) is 1. The lowest BCUT2D eigenvalue weighted by Crippen LogP contribution is -2.44. The summed E-state index contributed by atoms with van der Waals surface area (Å²) >= 11 is 5.56. The highest BCUT2D eigenvalue weighted by Gasteiger charge is 2.23. The van der Waals surface area contributed by atoms with E-state index in [4.69, 9.17) is 12.2 Å². The first kappa shape index (κ1) is 15.3. The Kier molecular flexibility index (Phi) is 5.03. The maximum Gasteiger partial charge on any atom is 0.173 e. The number of nitrogens with one attached hydrogen (secondary N) is 1. The normalized spacial score (nSPS) is 22.9. The molecule has 0 bridgehead atoms. The molecule has 0 saturated carbocycles. The van der Waals surface area contributed by atoms with Gasteiger partial charge < -0.3 is 10.2 Å². The molecule has 2 atom stereocenters. The fraction of sp³-hybridized carbons (Fsp3) is 0.588. The van der Waals surface area contributed by atoms with E-state index in [0.29, 0.717) is 5.92 Å². The van der Waals surface area contributed by atoms with Crippen LogP contribution in [0.4, 0.5) is 5.69 Å². The first-order valence-electron chi connectivity index (χ1n) is 7.61. The molecular weight excluding hydrogens is 264 g/mol. The Morgan fingerprint density at radius 3 is 2.20 bits per heavy atom. The lowest BCUT2D eigenvalue weighted by atomic mass is 9.92. The van der Waals surface area contributed by atoms with Gasteiger partial charge in [0.1, 0.15) is 0 Å².